The van der Waals surface area contributed by atoms with Crippen LogP contribution in [-0.2, 0) is 0 Å². The Morgan fingerprint density at radius 3 is 2.65 bits per heavy atom. The lowest BCUT2D eigenvalue weighted by molar-refractivity contribution is 0.248. The molecule has 102 valence electrons. The van der Waals surface area contributed by atoms with E-state index in [1.807, 2.05) is 54.2 Å². The Hall–Kier alpha value is -1.94. The monoisotopic (exact) mass is 284 g/mol. The molecule has 20 heavy (non-hydrogen) atoms. The Kier molecular flexibility index (Phi) is 3.92. The first-order valence-corrected chi connectivity index (χ1v) is 7.66. The maximum Gasteiger partial charge on any atom is 0.319 e. The largest absolute Gasteiger partial charge is 0.331 e. The van der Waals surface area contributed by atoms with E-state index in [4.69, 9.17) is 0 Å². The fraction of sp³-hybridized carbons (Fsp3) is 0.188. The van der Waals surface area contributed by atoms with Gasteiger partial charge in [-0.25, -0.2) is 4.79 Å². The van der Waals surface area contributed by atoms with Gasteiger partial charge in [-0.05, 0) is 30.2 Å². The van der Waals surface area contributed by atoms with Gasteiger partial charge in [-0.1, -0.05) is 36.4 Å². The number of hydrogen-bond donors (Lipinski definition) is 2. The Morgan fingerprint density at radius 2 is 1.80 bits per heavy atom. The van der Waals surface area contributed by atoms with Crippen molar-refractivity contribution < 1.29 is 4.79 Å². The lowest BCUT2D eigenvalue weighted by Crippen LogP contribution is -2.34. The van der Waals surface area contributed by atoms with E-state index in [1.54, 1.807) is 0 Å². The third-order valence-electron chi connectivity index (χ3n) is 3.30. The van der Waals surface area contributed by atoms with Gasteiger partial charge in [-0.2, -0.15) is 0 Å². The molecule has 2 amide bonds. The van der Waals surface area contributed by atoms with Gasteiger partial charge in [0.15, 0.2) is 0 Å². The van der Waals surface area contributed by atoms with Crippen LogP contribution in [0.5, 0.6) is 0 Å². The number of hydrogen-bond acceptors (Lipinski definition) is 2. The minimum Gasteiger partial charge on any atom is -0.331 e. The van der Waals surface area contributed by atoms with Gasteiger partial charge in [0, 0.05) is 16.3 Å². The van der Waals surface area contributed by atoms with Crippen molar-refractivity contribution in [3.05, 3.63) is 60.2 Å². The van der Waals surface area contributed by atoms with Crippen LogP contribution < -0.4 is 10.6 Å². The SMILES string of the molecule is O=C(Nc1ccccc1)N[C@H]1CCSc2ccccc21. The second-order valence-electron chi connectivity index (χ2n) is 4.69. The van der Waals surface area contributed by atoms with E-state index in [2.05, 4.69) is 22.8 Å². The molecular formula is C16H16N2OS. The zero-order valence-electron chi connectivity index (χ0n) is 11.0. The first-order valence-electron chi connectivity index (χ1n) is 6.67. The van der Waals surface area contributed by atoms with Crippen LogP contribution in [0.3, 0.4) is 0 Å². The normalized spacial score (nSPS) is 17.1. The first-order chi connectivity index (χ1) is 9.83. The Bertz CT molecular complexity index is 600. The summed E-state index contributed by atoms with van der Waals surface area (Å²) in [6.45, 7) is 0. The third-order valence-corrected chi connectivity index (χ3v) is 4.42. The van der Waals surface area contributed by atoms with Crippen LogP contribution >= 0.6 is 11.8 Å². The lowest BCUT2D eigenvalue weighted by atomic mass is 10.0. The van der Waals surface area contributed by atoms with Crippen molar-refractivity contribution in [3.8, 4) is 0 Å². The number of benzene rings is 2. The van der Waals surface area contributed by atoms with Crippen molar-refractivity contribution in [2.75, 3.05) is 11.1 Å². The minimum absolute atomic E-state index is 0.0937. The van der Waals surface area contributed by atoms with Gasteiger partial charge in [-0.15, -0.1) is 11.8 Å². The summed E-state index contributed by atoms with van der Waals surface area (Å²) >= 11 is 1.85. The van der Waals surface area contributed by atoms with E-state index < -0.39 is 0 Å². The molecule has 1 heterocycles. The summed E-state index contributed by atoms with van der Waals surface area (Å²) in [5, 5.41) is 5.92. The fourth-order valence-corrected chi connectivity index (χ4v) is 3.46. The molecule has 0 aromatic heterocycles. The summed E-state index contributed by atoms with van der Waals surface area (Å²) in [7, 11) is 0. The lowest BCUT2D eigenvalue weighted by Gasteiger charge is -2.25. The summed E-state index contributed by atoms with van der Waals surface area (Å²) in [6.07, 6.45) is 0.962. The van der Waals surface area contributed by atoms with Crippen molar-refractivity contribution in [1.82, 2.24) is 5.32 Å². The summed E-state index contributed by atoms with van der Waals surface area (Å²) in [4.78, 5) is 13.3. The molecule has 0 saturated heterocycles. The molecule has 1 aliphatic rings. The Balaban J connectivity index is 1.68. The topological polar surface area (TPSA) is 41.1 Å². The zero-order chi connectivity index (χ0) is 13.8. The zero-order valence-corrected chi connectivity index (χ0v) is 11.8. The van der Waals surface area contributed by atoms with Gasteiger partial charge in [-0.3, -0.25) is 0 Å². The molecule has 0 aliphatic carbocycles. The number of urea groups is 1. The van der Waals surface area contributed by atoms with Crippen LogP contribution in [0.1, 0.15) is 18.0 Å². The molecule has 4 heteroatoms. The highest BCUT2D eigenvalue weighted by Gasteiger charge is 2.21. The molecule has 1 aliphatic heterocycles. The molecule has 1 atom stereocenters. The second kappa shape index (κ2) is 6.01. The number of thioether (sulfide) groups is 1. The van der Waals surface area contributed by atoms with E-state index in [0.717, 1.165) is 17.9 Å². The number of anilines is 1. The predicted octanol–water partition coefficient (Wildman–Crippen LogP) is 4.05. The van der Waals surface area contributed by atoms with Crippen LogP contribution in [0.2, 0.25) is 0 Å². The molecule has 2 aromatic rings. The predicted molar refractivity (Wildman–Crippen MR) is 83.1 cm³/mol. The summed E-state index contributed by atoms with van der Waals surface area (Å²) in [5.74, 6) is 1.04. The number of carbonyl (C=O) groups excluding carboxylic acids is 1. The highest BCUT2D eigenvalue weighted by atomic mass is 32.2. The van der Waals surface area contributed by atoms with E-state index in [1.165, 1.54) is 10.5 Å². The van der Waals surface area contributed by atoms with E-state index in [-0.39, 0.29) is 12.1 Å². The molecule has 0 bridgehead atoms. The minimum atomic E-state index is -0.150. The first kappa shape index (κ1) is 13.1. The molecule has 0 spiro atoms. The third kappa shape index (κ3) is 2.96. The average molecular weight is 284 g/mol. The van der Waals surface area contributed by atoms with Crippen molar-refractivity contribution in [2.24, 2.45) is 0 Å². The van der Waals surface area contributed by atoms with Gasteiger partial charge < -0.3 is 10.6 Å². The number of para-hydroxylation sites is 1. The van der Waals surface area contributed by atoms with Crippen LogP contribution in [0.25, 0.3) is 0 Å². The van der Waals surface area contributed by atoms with Gasteiger partial charge >= 0.3 is 6.03 Å². The van der Waals surface area contributed by atoms with E-state index in [0.29, 0.717) is 0 Å². The highest BCUT2D eigenvalue weighted by molar-refractivity contribution is 7.99. The number of rotatable bonds is 2. The standard InChI is InChI=1S/C16H16N2OS/c19-16(17-12-6-2-1-3-7-12)18-14-10-11-20-15-9-5-4-8-13(14)15/h1-9,14H,10-11H2,(H2,17,18,19)/t14-/m0/s1. The molecule has 3 nitrogen and oxygen atoms in total. The smallest absolute Gasteiger partial charge is 0.319 e. The van der Waals surface area contributed by atoms with E-state index in [9.17, 15) is 4.79 Å². The quantitative estimate of drug-likeness (QED) is 0.873. The second-order valence-corrected chi connectivity index (χ2v) is 5.83. The molecular weight excluding hydrogens is 268 g/mol. The van der Waals surface area contributed by atoms with Gasteiger partial charge in [0.05, 0.1) is 6.04 Å². The molecule has 0 unspecified atom stereocenters. The van der Waals surface area contributed by atoms with Crippen molar-refractivity contribution in [1.29, 1.82) is 0 Å². The average Bonchev–Trinajstić information content (AvgIpc) is 2.48. The molecule has 0 fully saturated rings. The molecule has 2 aromatic carbocycles. The number of nitrogens with one attached hydrogen (secondary N) is 2. The summed E-state index contributed by atoms with van der Waals surface area (Å²) in [5.41, 5.74) is 2.02. The molecule has 3 rings (SSSR count). The fourth-order valence-electron chi connectivity index (χ4n) is 2.34. The number of amides is 2. The van der Waals surface area contributed by atoms with Crippen molar-refractivity contribution in [2.45, 2.75) is 17.4 Å². The van der Waals surface area contributed by atoms with Crippen molar-refractivity contribution >= 4 is 23.5 Å². The van der Waals surface area contributed by atoms with Gasteiger partial charge in [0.2, 0.25) is 0 Å². The number of fused-ring (bicyclic) bond motifs is 1. The highest BCUT2D eigenvalue weighted by Crippen LogP contribution is 2.35. The van der Waals surface area contributed by atoms with Crippen molar-refractivity contribution in [3.63, 3.8) is 0 Å². The van der Waals surface area contributed by atoms with Crippen LogP contribution in [-0.4, -0.2) is 11.8 Å². The van der Waals surface area contributed by atoms with Crippen LogP contribution in [0, 0.1) is 0 Å². The van der Waals surface area contributed by atoms with Crippen LogP contribution in [0.15, 0.2) is 59.5 Å². The number of carbonyl (C=O) groups is 1. The van der Waals surface area contributed by atoms with Crippen LogP contribution in [0.4, 0.5) is 10.5 Å². The van der Waals surface area contributed by atoms with E-state index >= 15 is 0 Å². The molecule has 0 saturated carbocycles. The molecule has 0 radical (unpaired) electrons. The molecule has 2 N–H and O–H groups in total. The summed E-state index contributed by atoms with van der Waals surface area (Å²) < 4.78 is 0. The van der Waals surface area contributed by atoms with Gasteiger partial charge in [0.1, 0.15) is 0 Å². The van der Waals surface area contributed by atoms with Gasteiger partial charge in [0.25, 0.3) is 0 Å². The maximum absolute atomic E-state index is 12.1. The summed E-state index contributed by atoms with van der Waals surface area (Å²) in [6, 6.07) is 17.7. The maximum atomic E-state index is 12.1. The Labute approximate surface area is 122 Å². The Morgan fingerprint density at radius 1 is 1.05 bits per heavy atom.